The van der Waals surface area contributed by atoms with Crippen molar-refractivity contribution in [3.05, 3.63) is 49.3 Å². The van der Waals surface area contributed by atoms with Gasteiger partial charge < -0.3 is 5.32 Å². The minimum Gasteiger partial charge on any atom is -0.333 e. The molecule has 0 amide bonds. The topological polar surface area (TPSA) is 81.0 Å². The summed E-state index contributed by atoms with van der Waals surface area (Å²) < 4.78 is 0.681. The second-order valence-electron chi connectivity index (χ2n) is 3.38. The molecule has 1 N–H and O–H groups in total. The molecule has 0 radical (unpaired) electrons. The van der Waals surface area contributed by atoms with E-state index in [0.717, 1.165) is 6.20 Å². The first kappa shape index (κ1) is 14.0. The lowest BCUT2D eigenvalue weighted by Crippen LogP contribution is -2.01. The molecule has 2 aromatic rings. The second-order valence-corrected chi connectivity index (χ2v) is 5.01. The third kappa shape index (κ3) is 3.31. The number of nitrogens with zero attached hydrogens (tertiary/aromatic N) is 3. The molecule has 0 bridgehead atoms. The van der Waals surface area contributed by atoms with Gasteiger partial charge in [-0.1, -0.05) is 11.6 Å². The smallest absolute Gasteiger partial charge is 0.329 e. The van der Waals surface area contributed by atoms with Crippen molar-refractivity contribution in [1.82, 2.24) is 9.97 Å². The Morgan fingerprint density at radius 3 is 2.79 bits per heavy atom. The van der Waals surface area contributed by atoms with Crippen molar-refractivity contribution in [3.63, 3.8) is 0 Å². The molecule has 19 heavy (non-hydrogen) atoms. The number of benzene rings is 1. The Kier molecular flexibility index (Phi) is 4.18. The Hall–Kier alpha value is -1.44. The van der Waals surface area contributed by atoms with Crippen LogP contribution in [0.5, 0.6) is 0 Å². The van der Waals surface area contributed by atoms with Crippen LogP contribution in [-0.4, -0.2) is 14.9 Å². The number of halogens is 3. The lowest BCUT2D eigenvalue weighted by molar-refractivity contribution is -0.384. The van der Waals surface area contributed by atoms with Gasteiger partial charge in [-0.15, -0.1) is 0 Å². The van der Waals surface area contributed by atoms with Crippen LogP contribution in [0.3, 0.4) is 0 Å². The lowest BCUT2D eigenvalue weighted by Gasteiger charge is -2.08. The van der Waals surface area contributed by atoms with E-state index in [1.165, 1.54) is 0 Å². The molecule has 0 unspecified atom stereocenters. The molecule has 0 saturated heterocycles. The number of aromatic nitrogens is 2. The first-order valence-electron chi connectivity index (χ1n) is 4.86. The zero-order valence-electron chi connectivity index (χ0n) is 9.10. The maximum atomic E-state index is 10.9. The first-order valence-corrected chi connectivity index (χ1v) is 6.41. The summed E-state index contributed by atoms with van der Waals surface area (Å²) in [5, 5.41) is 14.1. The monoisotopic (exact) mass is 362 g/mol. The summed E-state index contributed by atoms with van der Waals surface area (Å²) in [6.07, 6.45) is 1.04. The summed E-state index contributed by atoms with van der Waals surface area (Å²) >= 11 is 14.8. The molecular weight excluding hydrogens is 359 g/mol. The van der Waals surface area contributed by atoms with E-state index in [1.54, 1.807) is 18.2 Å². The Bertz CT molecular complexity index is 653. The summed E-state index contributed by atoms with van der Waals surface area (Å²) in [7, 11) is 0. The molecule has 0 aliphatic carbocycles. The van der Waals surface area contributed by atoms with Gasteiger partial charge in [0.15, 0.2) is 0 Å². The van der Waals surface area contributed by atoms with Crippen LogP contribution in [0.4, 0.5) is 17.2 Å². The van der Waals surface area contributed by atoms with Crippen molar-refractivity contribution < 1.29 is 4.92 Å². The fourth-order valence-corrected chi connectivity index (χ4v) is 1.95. The van der Waals surface area contributed by atoms with E-state index in [-0.39, 0.29) is 16.8 Å². The van der Waals surface area contributed by atoms with Crippen LogP contribution in [0.2, 0.25) is 10.3 Å². The van der Waals surface area contributed by atoms with E-state index in [2.05, 4.69) is 31.2 Å². The van der Waals surface area contributed by atoms with Gasteiger partial charge in [0.25, 0.3) is 0 Å². The molecule has 0 atom stereocenters. The molecule has 0 saturated carbocycles. The number of hydrogen-bond acceptors (Lipinski definition) is 5. The molecule has 1 aromatic carbocycles. The Morgan fingerprint density at radius 2 is 2.11 bits per heavy atom. The average Bonchev–Trinajstić information content (AvgIpc) is 2.33. The van der Waals surface area contributed by atoms with E-state index in [0.29, 0.717) is 15.2 Å². The van der Waals surface area contributed by atoms with Gasteiger partial charge in [0.1, 0.15) is 6.20 Å². The van der Waals surface area contributed by atoms with E-state index < -0.39 is 4.92 Å². The van der Waals surface area contributed by atoms with E-state index in [4.69, 9.17) is 23.2 Å². The zero-order chi connectivity index (χ0) is 14.0. The Morgan fingerprint density at radius 1 is 1.37 bits per heavy atom. The van der Waals surface area contributed by atoms with Gasteiger partial charge in [0, 0.05) is 9.50 Å². The largest absolute Gasteiger partial charge is 0.333 e. The molecule has 2 rings (SSSR count). The molecule has 0 aliphatic heterocycles. The number of rotatable bonds is 3. The molecule has 0 aliphatic rings. The molecule has 0 fully saturated rings. The minimum atomic E-state index is -0.600. The predicted octanol–water partition coefficient (Wildman–Crippen LogP) is 4.20. The van der Waals surface area contributed by atoms with Crippen LogP contribution in [0.25, 0.3) is 0 Å². The quantitative estimate of drug-likeness (QED) is 0.502. The molecule has 0 spiro atoms. The zero-order valence-corrected chi connectivity index (χ0v) is 12.2. The van der Waals surface area contributed by atoms with E-state index in [1.807, 2.05) is 0 Å². The maximum Gasteiger partial charge on any atom is 0.329 e. The van der Waals surface area contributed by atoms with Crippen LogP contribution in [-0.2, 0) is 0 Å². The van der Waals surface area contributed by atoms with Crippen molar-refractivity contribution in [2.75, 3.05) is 5.32 Å². The Balaban J connectivity index is 2.45. The Labute approximate surface area is 126 Å². The highest BCUT2D eigenvalue weighted by molar-refractivity contribution is 9.10. The van der Waals surface area contributed by atoms with Gasteiger partial charge in [-0.25, -0.2) is 4.98 Å². The fourth-order valence-electron chi connectivity index (χ4n) is 1.30. The van der Waals surface area contributed by atoms with Crippen molar-refractivity contribution in [2.24, 2.45) is 0 Å². The normalized spacial score (nSPS) is 10.3. The SMILES string of the molecule is O=[N+]([O-])c1cnc(Cl)nc1Nc1cc(Cl)ccc1Br. The highest BCUT2D eigenvalue weighted by Crippen LogP contribution is 2.31. The molecular formula is C10H5BrCl2N4O2. The van der Waals surface area contributed by atoms with Crippen molar-refractivity contribution in [3.8, 4) is 0 Å². The van der Waals surface area contributed by atoms with E-state index in [9.17, 15) is 10.1 Å². The van der Waals surface area contributed by atoms with Gasteiger partial charge >= 0.3 is 5.69 Å². The number of nitrogens with one attached hydrogen (secondary N) is 1. The van der Waals surface area contributed by atoms with Gasteiger partial charge in [0.2, 0.25) is 11.1 Å². The first-order chi connectivity index (χ1) is 8.97. The number of anilines is 2. The lowest BCUT2D eigenvalue weighted by atomic mass is 10.3. The summed E-state index contributed by atoms with van der Waals surface area (Å²) in [5.74, 6) is -0.00651. The number of nitro groups is 1. The second kappa shape index (κ2) is 5.68. The maximum absolute atomic E-state index is 10.9. The minimum absolute atomic E-state index is 0.00651. The summed E-state index contributed by atoms with van der Waals surface area (Å²) in [6.45, 7) is 0. The molecule has 6 nitrogen and oxygen atoms in total. The summed E-state index contributed by atoms with van der Waals surface area (Å²) in [4.78, 5) is 17.7. The van der Waals surface area contributed by atoms with Crippen molar-refractivity contribution >= 4 is 56.3 Å². The van der Waals surface area contributed by atoms with Crippen molar-refractivity contribution in [2.45, 2.75) is 0 Å². The molecule has 9 heteroatoms. The van der Waals surface area contributed by atoms with Crippen LogP contribution >= 0.6 is 39.1 Å². The van der Waals surface area contributed by atoms with Crippen LogP contribution in [0.15, 0.2) is 28.9 Å². The van der Waals surface area contributed by atoms with Gasteiger partial charge in [-0.05, 0) is 45.7 Å². The third-order valence-corrected chi connectivity index (χ3v) is 3.23. The molecule has 1 aromatic heterocycles. The number of hydrogen-bond donors (Lipinski definition) is 1. The van der Waals surface area contributed by atoms with E-state index >= 15 is 0 Å². The highest BCUT2D eigenvalue weighted by Gasteiger charge is 2.17. The summed E-state index contributed by atoms with van der Waals surface area (Å²) in [5.41, 5.74) is 0.252. The average molecular weight is 364 g/mol. The predicted molar refractivity (Wildman–Crippen MR) is 76.1 cm³/mol. The van der Waals surface area contributed by atoms with Crippen LogP contribution in [0.1, 0.15) is 0 Å². The molecule has 1 heterocycles. The van der Waals surface area contributed by atoms with Crippen LogP contribution < -0.4 is 5.32 Å². The van der Waals surface area contributed by atoms with Gasteiger partial charge in [-0.2, -0.15) is 4.98 Å². The van der Waals surface area contributed by atoms with Gasteiger partial charge in [-0.3, -0.25) is 10.1 Å². The highest BCUT2D eigenvalue weighted by atomic mass is 79.9. The fraction of sp³-hybridized carbons (Fsp3) is 0. The van der Waals surface area contributed by atoms with Crippen LogP contribution in [0, 0.1) is 10.1 Å². The summed E-state index contributed by atoms with van der Waals surface area (Å²) in [6, 6.07) is 4.99. The van der Waals surface area contributed by atoms with Crippen molar-refractivity contribution in [1.29, 1.82) is 0 Å². The van der Waals surface area contributed by atoms with Gasteiger partial charge in [0.05, 0.1) is 10.6 Å². The standard InChI is InChI=1S/C10H5BrCl2N4O2/c11-6-2-1-5(12)3-7(6)15-9-8(17(18)19)4-14-10(13)16-9/h1-4H,(H,14,15,16). The molecule has 98 valence electrons. The third-order valence-electron chi connectivity index (χ3n) is 2.12.